The molecule has 2 aromatic rings. The quantitative estimate of drug-likeness (QED) is 0.784. The van der Waals surface area contributed by atoms with Gasteiger partial charge in [0, 0.05) is 10.1 Å². The predicted octanol–water partition coefficient (Wildman–Crippen LogP) is 3.93. The van der Waals surface area contributed by atoms with E-state index in [0.717, 1.165) is 10.1 Å². The number of pyridine rings is 1. The fourth-order valence-electron chi connectivity index (χ4n) is 3.28. The lowest BCUT2D eigenvalue weighted by atomic mass is 9.87. The Morgan fingerprint density at radius 3 is 2.29 bits per heavy atom. The number of benzene rings is 1. The van der Waals surface area contributed by atoms with E-state index in [0.29, 0.717) is 23.1 Å². The lowest BCUT2D eigenvalue weighted by molar-refractivity contribution is -0.189. The Morgan fingerprint density at radius 1 is 1.25 bits per heavy atom. The van der Waals surface area contributed by atoms with E-state index < -0.39 is 23.0 Å². The summed E-state index contributed by atoms with van der Waals surface area (Å²) in [5.41, 5.74) is 6.88. The first-order chi connectivity index (χ1) is 13.0. The number of aryl methyl sites for hydroxylation is 1. The third-order valence-electron chi connectivity index (χ3n) is 4.65. The van der Waals surface area contributed by atoms with Crippen LogP contribution in [0.5, 0.6) is 0 Å². The van der Waals surface area contributed by atoms with Crippen molar-refractivity contribution in [3.8, 4) is 11.3 Å². The number of rotatable bonds is 5. The molecule has 0 amide bonds. The van der Waals surface area contributed by atoms with Crippen molar-refractivity contribution in [2.24, 2.45) is 5.41 Å². The number of hydrogen-bond acceptors (Lipinski definition) is 5. The standard InChI is InChI=1S/C21H25FN2O4/c1-12-6-8-14(9-7-12)18-13(2)15(11-25)17(23)19(26)24(18)16(20(27)28-22)10-21(3,4)5/h6-9,11,16H,10,23H2,1-5H3. The molecular weight excluding hydrogens is 363 g/mol. The Hall–Kier alpha value is -2.96. The third kappa shape index (κ3) is 4.13. The summed E-state index contributed by atoms with van der Waals surface area (Å²) in [4.78, 5) is 40.4. The minimum atomic E-state index is -1.24. The Labute approximate surface area is 163 Å². The van der Waals surface area contributed by atoms with Crippen LogP contribution in [-0.4, -0.2) is 16.8 Å². The van der Waals surface area contributed by atoms with Gasteiger partial charge in [-0.15, -0.1) is 0 Å². The largest absolute Gasteiger partial charge is 0.394 e. The highest BCUT2D eigenvalue weighted by Gasteiger charge is 2.33. The molecule has 1 aromatic carbocycles. The SMILES string of the molecule is Cc1ccc(-c2c(C)c(C=O)c(N)c(=O)n2C(CC(C)(C)C)C(=O)OF)cc1. The molecule has 0 saturated heterocycles. The van der Waals surface area contributed by atoms with Crippen LogP contribution in [0.1, 0.15) is 54.7 Å². The van der Waals surface area contributed by atoms with Gasteiger partial charge in [-0.2, -0.15) is 0 Å². The maximum Gasteiger partial charge on any atom is 0.371 e. The van der Waals surface area contributed by atoms with Gasteiger partial charge >= 0.3 is 5.97 Å². The first-order valence-corrected chi connectivity index (χ1v) is 8.91. The van der Waals surface area contributed by atoms with Gasteiger partial charge in [0.15, 0.2) is 6.29 Å². The van der Waals surface area contributed by atoms with Crippen LogP contribution in [0.15, 0.2) is 29.1 Å². The zero-order valence-electron chi connectivity index (χ0n) is 16.7. The van der Waals surface area contributed by atoms with Crippen molar-refractivity contribution in [2.75, 3.05) is 5.73 Å². The van der Waals surface area contributed by atoms with Gasteiger partial charge in [-0.1, -0.05) is 50.6 Å². The van der Waals surface area contributed by atoms with Gasteiger partial charge in [0.1, 0.15) is 11.7 Å². The van der Waals surface area contributed by atoms with E-state index in [2.05, 4.69) is 4.94 Å². The normalized spacial score (nSPS) is 12.5. The average molecular weight is 388 g/mol. The summed E-state index contributed by atoms with van der Waals surface area (Å²) in [6.07, 6.45) is 0.647. The number of aromatic nitrogens is 1. The molecule has 1 heterocycles. The zero-order valence-corrected chi connectivity index (χ0v) is 16.7. The van der Waals surface area contributed by atoms with Crippen LogP contribution in [0, 0.1) is 19.3 Å². The number of halogens is 1. The molecule has 1 unspecified atom stereocenters. The zero-order chi connectivity index (χ0) is 21.2. The molecule has 1 atom stereocenters. The van der Waals surface area contributed by atoms with Crippen molar-refractivity contribution >= 4 is 17.9 Å². The van der Waals surface area contributed by atoms with Crippen LogP contribution in [0.2, 0.25) is 0 Å². The highest BCUT2D eigenvalue weighted by Crippen LogP contribution is 2.34. The molecule has 0 aliphatic heterocycles. The summed E-state index contributed by atoms with van der Waals surface area (Å²) in [5, 5.41) is 0. The van der Waals surface area contributed by atoms with Crippen LogP contribution in [0.4, 0.5) is 10.2 Å². The topological polar surface area (TPSA) is 91.4 Å². The molecule has 1 aromatic heterocycles. The number of nitrogen functional groups attached to an aromatic ring is 1. The van der Waals surface area contributed by atoms with E-state index in [1.807, 2.05) is 39.8 Å². The minimum absolute atomic E-state index is 0.0555. The summed E-state index contributed by atoms with van der Waals surface area (Å²) in [6.45, 7) is 9.13. The minimum Gasteiger partial charge on any atom is -0.394 e. The number of carbonyl (C=O) groups excluding carboxylic acids is 2. The maximum atomic E-state index is 13.1. The smallest absolute Gasteiger partial charge is 0.371 e. The molecule has 7 heteroatoms. The van der Waals surface area contributed by atoms with E-state index in [4.69, 9.17) is 5.73 Å². The van der Waals surface area contributed by atoms with Gasteiger partial charge in [-0.25, -0.2) is 4.79 Å². The number of nitrogens with two attached hydrogens (primary N) is 1. The number of anilines is 1. The Morgan fingerprint density at radius 2 is 1.82 bits per heavy atom. The van der Waals surface area contributed by atoms with Crippen molar-refractivity contribution in [2.45, 2.75) is 47.1 Å². The van der Waals surface area contributed by atoms with Gasteiger partial charge < -0.3 is 5.73 Å². The van der Waals surface area contributed by atoms with Crippen LogP contribution < -0.4 is 11.3 Å². The maximum absolute atomic E-state index is 13.1. The van der Waals surface area contributed by atoms with E-state index in [-0.39, 0.29) is 17.7 Å². The second-order valence-corrected chi connectivity index (χ2v) is 8.14. The monoisotopic (exact) mass is 388 g/mol. The van der Waals surface area contributed by atoms with E-state index in [1.54, 1.807) is 19.1 Å². The molecule has 2 rings (SSSR count). The molecule has 6 nitrogen and oxygen atoms in total. The molecule has 0 radical (unpaired) electrons. The summed E-state index contributed by atoms with van der Waals surface area (Å²) < 4.78 is 14.1. The highest BCUT2D eigenvalue weighted by molar-refractivity contribution is 5.89. The molecule has 0 saturated carbocycles. The number of nitrogens with zero attached hydrogens (tertiary/aromatic N) is 1. The molecule has 0 bridgehead atoms. The molecule has 150 valence electrons. The van der Waals surface area contributed by atoms with Gasteiger partial charge in [0.25, 0.3) is 5.56 Å². The fraction of sp³-hybridized carbons (Fsp3) is 0.381. The second-order valence-electron chi connectivity index (χ2n) is 8.14. The van der Waals surface area contributed by atoms with E-state index in [9.17, 15) is 18.9 Å². The predicted molar refractivity (Wildman–Crippen MR) is 106 cm³/mol. The van der Waals surface area contributed by atoms with Crippen LogP contribution >= 0.6 is 0 Å². The van der Waals surface area contributed by atoms with Crippen molar-refractivity contribution in [3.05, 3.63) is 51.3 Å². The summed E-state index contributed by atoms with van der Waals surface area (Å²) in [5.74, 6) is -1.19. The van der Waals surface area contributed by atoms with Crippen molar-refractivity contribution < 1.29 is 19.1 Å². The first kappa shape index (κ1) is 21.3. The molecule has 0 fully saturated rings. The summed E-state index contributed by atoms with van der Waals surface area (Å²) >= 11 is 0. The Bertz CT molecular complexity index is 956. The Kier molecular flexibility index (Phi) is 6.07. The molecule has 0 spiro atoms. The molecule has 28 heavy (non-hydrogen) atoms. The number of aldehydes is 1. The van der Waals surface area contributed by atoms with Crippen molar-refractivity contribution in [1.82, 2.24) is 4.57 Å². The van der Waals surface area contributed by atoms with Crippen molar-refractivity contribution in [1.29, 1.82) is 0 Å². The van der Waals surface area contributed by atoms with Crippen LogP contribution in [0.3, 0.4) is 0 Å². The third-order valence-corrected chi connectivity index (χ3v) is 4.65. The van der Waals surface area contributed by atoms with Crippen molar-refractivity contribution in [3.63, 3.8) is 0 Å². The molecule has 0 aliphatic rings. The van der Waals surface area contributed by atoms with Gasteiger partial charge in [0.2, 0.25) is 0 Å². The second kappa shape index (κ2) is 7.96. The summed E-state index contributed by atoms with van der Waals surface area (Å²) in [6, 6.07) is 5.98. The lowest BCUT2D eigenvalue weighted by Gasteiger charge is -2.28. The molecule has 0 aliphatic carbocycles. The number of hydrogen-bond donors (Lipinski definition) is 1. The fourth-order valence-corrected chi connectivity index (χ4v) is 3.28. The average Bonchev–Trinajstić information content (AvgIpc) is 2.63. The lowest BCUT2D eigenvalue weighted by Crippen LogP contribution is -2.36. The first-order valence-electron chi connectivity index (χ1n) is 8.91. The number of carbonyl (C=O) groups is 2. The van der Waals surface area contributed by atoms with Crippen LogP contribution in [-0.2, 0) is 9.74 Å². The van der Waals surface area contributed by atoms with E-state index in [1.165, 1.54) is 0 Å². The van der Waals surface area contributed by atoms with Gasteiger partial charge in [-0.05, 0) is 36.8 Å². The van der Waals surface area contributed by atoms with Gasteiger partial charge in [0.05, 0.1) is 5.69 Å². The summed E-state index contributed by atoms with van der Waals surface area (Å²) in [7, 11) is 0. The van der Waals surface area contributed by atoms with Gasteiger partial charge in [-0.3, -0.25) is 19.1 Å². The highest BCUT2D eigenvalue weighted by atomic mass is 19.3. The molecule has 2 N–H and O–H groups in total. The van der Waals surface area contributed by atoms with Crippen LogP contribution in [0.25, 0.3) is 11.3 Å². The van der Waals surface area contributed by atoms with E-state index >= 15 is 0 Å². The molecular formula is C21H25FN2O4. The Balaban J connectivity index is 2.94.